The number of aliphatic carboxylic acids is 1. The predicted molar refractivity (Wildman–Crippen MR) is 115 cm³/mol. The zero-order valence-corrected chi connectivity index (χ0v) is 18.9. The number of methoxy groups -OCH3 is 1. The van der Waals surface area contributed by atoms with Crippen molar-refractivity contribution in [2.24, 2.45) is 35.0 Å². The van der Waals surface area contributed by atoms with Gasteiger partial charge in [0.2, 0.25) is 5.91 Å². The van der Waals surface area contributed by atoms with Crippen molar-refractivity contribution in [1.82, 2.24) is 0 Å². The highest BCUT2D eigenvalue weighted by Crippen LogP contribution is 2.53. The van der Waals surface area contributed by atoms with Gasteiger partial charge in [0, 0.05) is 4.88 Å². The van der Waals surface area contributed by atoms with E-state index >= 15 is 0 Å². The molecule has 1 amide bonds. The second-order valence-corrected chi connectivity index (χ2v) is 11.3. The van der Waals surface area contributed by atoms with E-state index in [-0.39, 0.29) is 23.2 Å². The van der Waals surface area contributed by atoms with Crippen LogP contribution in [0.15, 0.2) is 0 Å². The molecule has 7 heteroatoms. The summed E-state index contributed by atoms with van der Waals surface area (Å²) < 4.78 is 5.03. The fourth-order valence-corrected chi connectivity index (χ4v) is 7.27. The number of carboxylic acid groups (broad SMARTS) is 1. The largest absolute Gasteiger partial charge is 0.481 e. The molecule has 2 bridgehead atoms. The maximum Gasteiger partial charge on any atom is 0.341 e. The lowest BCUT2D eigenvalue weighted by Gasteiger charge is -2.33. The number of nitrogens with one attached hydrogen (secondary N) is 1. The third-order valence-electron chi connectivity index (χ3n) is 7.62. The second kappa shape index (κ2) is 7.66. The summed E-state index contributed by atoms with van der Waals surface area (Å²) in [4.78, 5) is 38.7. The minimum absolute atomic E-state index is 0.0902. The summed E-state index contributed by atoms with van der Waals surface area (Å²) in [6.45, 7) is 6.71. The molecule has 0 saturated heterocycles. The minimum atomic E-state index is -0.881. The first-order chi connectivity index (χ1) is 14.1. The van der Waals surface area contributed by atoms with Gasteiger partial charge in [0.1, 0.15) is 5.00 Å². The molecule has 164 valence electrons. The number of thiophene rings is 1. The quantitative estimate of drug-likeness (QED) is 0.688. The SMILES string of the molecule is COC(=O)c1c(NC(=O)C2C3CCC(C3)C2C(=O)O)sc2c1CCC(C(C)(C)C)C2. The summed E-state index contributed by atoms with van der Waals surface area (Å²) in [6.07, 6.45) is 5.28. The van der Waals surface area contributed by atoms with E-state index in [1.54, 1.807) is 0 Å². The summed E-state index contributed by atoms with van der Waals surface area (Å²) in [5.74, 6) is -1.98. The van der Waals surface area contributed by atoms with Crippen LogP contribution in [0.5, 0.6) is 0 Å². The van der Waals surface area contributed by atoms with Crippen LogP contribution in [-0.2, 0) is 27.2 Å². The van der Waals surface area contributed by atoms with Crippen LogP contribution in [0.2, 0.25) is 0 Å². The molecule has 3 aliphatic rings. The van der Waals surface area contributed by atoms with Crippen LogP contribution >= 0.6 is 11.3 Å². The number of amides is 1. The molecule has 0 spiro atoms. The monoisotopic (exact) mass is 433 g/mol. The molecule has 0 radical (unpaired) electrons. The molecule has 2 fully saturated rings. The Kier molecular flexibility index (Phi) is 5.45. The number of anilines is 1. The molecule has 4 rings (SSSR count). The van der Waals surface area contributed by atoms with E-state index in [1.807, 2.05) is 0 Å². The van der Waals surface area contributed by atoms with Gasteiger partial charge in [-0.3, -0.25) is 9.59 Å². The van der Waals surface area contributed by atoms with Crippen LogP contribution in [-0.4, -0.2) is 30.1 Å². The molecular weight excluding hydrogens is 402 g/mol. The molecule has 6 nitrogen and oxygen atoms in total. The number of carbonyl (C=O) groups is 3. The predicted octanol–water partition coefficient (Wildman–Crippen LogP) is 4.37. The Hall–Kier alpha value is -1.89. The highest BCUT2D eigenvalue weighted by atomic mass is 32.1. The molecule has 0 aliphatic heterocycles. The Balaban J connectivity index is 1.63. The van der Waals surface area contributed by atoms with Gasteiger partial charge >= 0.3 is 11.9 Å². The van der Waals surface area contributed by atoms with Crippen molar-refractivity contribution in [3.8, 4) is 0 Å². The maximum atomic E-state index is 13.2. The van der Waals surface area contributed by atoms with Gasteiger partial charge in [-0.1, -0.05) is 20.8 Å². The molecule has 1 heterocycles. The number of carboxylic acids is 1. The molecule has 30 heavy (non-hydrogen) atoms. The summed E-state index contributed by atoms with van der Waals surface area (Å²) >= 11 is 1.46. The van der Waals surface area contributed by atoms with Gasteiger partial charge in [-0.25, -0.2) is 4.79 Å². The maximum absolute atomic E-state index is 13.2. The number of ether oxygens (including phenoxy) is 1. The number of carbonyl (C=O) groups excluding carboxylic acids is 2. The molecule has 2 N–H and O–H groups in total. The average molecular weight is 434 g/mol. The highest BCUT2D eigenvalue weighted by molar-refractivity contribution is 7.17. The molecule has 2 saturated carbocycles. The average Bonchev–Trinajstić information content (AvgIpc) is 3.38. The van der Waals surface area contributed by atoms with E-state index in [0.29, 0.717) is 16.5 Å². The van der Waals surface area contributed by atoms with Gasteiger partial charge < -0.3 is 15.2 Å². The number of esters is 1. The van der Waals surface area contributed by atoms with E-state index < -0.39 is 23.8 Å². The first-order valence-electron chi connectivity index (χ1n) is 10.9. The Morgan fingerprint density at radius 3 is 2.37 bits per heavy atom. The third kappa shape index (κ3) is 3.55. The van der Waals surface area contributed by atoms with Crippen LogP contribution < -0.4 is 5.32 Å². The van der Waals surface area contributed by atoms with Crippen LogP contribution in [0.1, 0.15) is 67.3 Å². The van der Waals surface area contributed by atoms with E-state index in [4.69, 9.17) is 4.74 Å². The molecule has 1 aromatic rings. The summed E-state index contributed by atoms with van der Waals surface area (Å²) in [7, 11) is 1.36. The van der Waals surface area contributed by atoms with Crippen molar-refractivity contribution in [2.45, 2.75) is 59.3 Å². The summed E-state index contributed by atoms with van der Waals surface area (Å²) in [6, 6.07) is 0. The minimum Gasteiger partial charge on any atom is -0.481 e. The van der Waals surface area contributed by atoms with Crippen molar-refractivity contribution >= 4 is 34.2 Å². The van der Waals surface area contributed by atoms with Crippen molar-refractivity contribution in [3.63, 3.8) is 0 Å². The first kappa shape index (κ1) is 21.3. The number of rotatable bonds is 4. The Bertz CT molecular complexity index is 883. The Morgan fingerprint density at radius 2 is 1.77 bits per heavy atom. The van der Waals surface area contributed by atoms with Crippen molar-refractivity contribution in [3.05, 3.63) is 16.0 Å². The van der Waals surface area contributed by atoms with Crippen molar-refractivity contribution in [1.29, 1.82) is 0 Å². The van der Waals surface area contributed by atoms with Gasteiger partial charge in [0.25, 0.3) is 0 Å². The van der Waals surface area contributed by atoms with Gasteiger partial charge in [-0.15, -0.1) is 11.3 Å². The molecule has 5 unspecified atom stereocenters. The topological polar surface area (TPSA) is 92.7 Å². The van der Waals surface area contributed by atoms with Crippen LogP contribution in [0, 0.1) is 35.0 Å². The molecule has 5 atom stereocenters. The summed E-state index contributed by atoms with van der Waals surface area (Å²) in [5.41, 5.74) is 1.63. The second-order valence-electron chi connectivity index (χ2n) is 10.2. The zero-order valence-electron chi connectivity index (χ0n) is 18.1. The first-order valence-corrected chi connectivity index (χ1v) is 11.7. The fraction of sp³-hybridized carbons (Fsp3) is 0.696. The number of hydrogen-bond acceptors (Lipinski definition) is 5. The van der Waals surface area contributed by atoms with Gasteiger partial charge in [0.05, 0.1) is 24.5 Å². The zero-order chi connectivity index (χ0) is 21.8. The lowest BCUT2D eigenvalue weighted by atomic mass is 9.72. The Labute approximate surface area is 181 Å². The van der Waals surface area contributed by atoms with E-state index in [2.05, 4.69) is 26.1 Å². The number of fused-ring (bicyclic) bond motifs is 3. The van der Waals surface area contributed by atoms with E-state index in [9.17, 15) is 19.5 Å². The van der Waals surface area contributed by atoms with Gasteiger partial charge in [-0.2, -0.15) is 0 Å². The smallest absolute Gasteiger partial charge is 0.341 e. The third-order valence-corrected chi connectivity index (χ3v) is 8.79. The highest BCUT2D eigenvalue weighted by Gasteiger charge is 2.54. The van der Waals surface area contributed by atoms with E-state index in [1.165, 1.54) is 18.4 Å². The van der Waals surface area contributed by atoms with Crippen LogP contribution in [0.4, 0.5) is 5.00 Å². The van der Waals surface area contributed by atoms with Crippen molar-refractivity contribution in [2.75, 3.05) is 12.4 Å². The fourth-order valence-electron chi connectivity index (χ4n) is 5.95. The molecular formula is C23H31NO5S. The normalized spacial score (nSPS) is 30.1. The van der Waals surface area contributed by atoms with E-state index in [0.717, 1.165) is 49.0 Å². The van der Waals surface area contributed by atoms with Gasteiger partial charge in [0.15, 0.2) is 0 Å². The molecule has 1 aromatic heterocycles. The molecule has 3 aliphatic carbocycles. The Morgan fingerprint density at radius 1 is 1.10 bits per heavy atom. The number of hydrogen-bond donors (Lipinski definition) is 2. The van der Waals surface area contributed by atoms with Crippen LogP contribution in [0.3, 0.4) is 0 Å². The lowest BCUT2D eigenvalue weighted by Crippen LogP contribution is -2.38. The van der Waals surface area contributed by atoms with Gasteiger partial charge in [-0.05, 0) is 67.3 Å². The molecule has 0 aromatic carbocycles. The lowest BCUT2D eigenvalue weighted by molar-refractivity contribution is -0.148. The summed E-state index contributed by atoms with van der Waals surface area (Å²) in [5, 5.41) is 13.2. The van der Waals surface area contributed by atoms with Crippen LogP contribution in [0.25, 0.3) is 0 Å². The van der Waals surface area contributed by atoms with Crippen molar-refractivity contribution < 1.29 is 24.2 Å². The standard InChI is InChI=1S/C23H31NO5S/c1-23(2,3)13-7-8-14-15(10-13)30-20(18(14)22(28)29-4)24-19(25)16-11-5-6-12(9-11)17(16)21(26)27/h11-13,16-17H,5-10H2,1-4H3,(H,24,25)(H,26,27).